The molecule has 2 heterocycles. The summed E-state index contributed by atoms with van der Waals surface area (Å²) in [5.74, 6) is -0.861. The molecule has 1 aromatic carbocycles. The summed E-state index contributed by atoms with van der Waals surface area (Å²) < 4.78 is 25.6. The van der Waals surface area contributed by atoms with E-state index in [0.717, 1.165) is 23.7 Å². The van der Waals surface area contributed by atoms with Crippen LogP contribution in [0.4, 0.5) is 0 Å². The molecule has 0 bridgehead atoms. The molecule has 1 saturated heterocycles. The second-order valence-electron chi connectivity index (χ2n) is 6.15. The molecule has 0 aliphatic carbocycles. The Bertz CT molecular complexity index is 791. The predicted octanol–water partition coefficient (Wildman–Crippen LogP) is 0.721. The second-order valence-corrected chi connectivity index (χ2v) is 7.98. The molecule has 3 rings (SSSR count). The van der Waals surface area contributed by atoms with Crippen LogP contribution in [-0.2, 0) is 10.0 Å². The Morgan fingerprint density at radius 2 is 2.17 bits per heavy atom. The molecule has 0 aromatic heterocycles. The van der Waals surface area contributed by atoms with Gasteiger partial charge in [-0.1, -0.05) is 0 Å². The number of rotatable bonds is 3. The van der Waals surface area contributed by atoms with E-state index in [4.69, 9.17) is 0 Å². The van der Waals surface area contributed by atoms with Gasteiger partial charge in [-0.25, -0.2) is 12.7 Å². The van der Waals surface area contributed by atoms with E-state index >= 15 is 0 Å². The van der Waals surface area contributed by atoms with Gasteiger partial charge >= 0.3 is 0 Å². The van der Waals surface area contributed by atoms with Crippen LogP contribution in [0, 0.1) is 0 Å². The number of amides is 2. The monoisotopic (exact) mass is 351 g/mol. The summed E-state index contributed by atoms with van der Waals surface area (Å²) in [6, 6.07) is 4.39. The van der Waals surface area contributed by atoms with E-state index in [1.54, 1.807) is 6.92 Å². The molecule has 2 amide bonds. The molecule has 7 nitrogen and oxygen atoms in total. The van der Waals surface area contributed by atoms with Crippen LogP contribution in [0.1, 0.15) is 47.4 Å². The Morgan fingerprint density at radius 3 is 2.83 bits per heavy atom. The van der Waals surface area contributed by atoms with Crippen LogP contribution >= 0.6 is 0 Å². The van der Waals surface area contributed by atoms with Crippen molar-refractivity contribution in [3.8, 4) is 0 Å². The molecule has 1 fully saturated rings. The lowest BCUT2D eigenvalue weighted by Gasteiger charge is -2.30. The summed E-state index contributed by atoms with van der Waals surface area (Å²) in [6.45, 7) is 4.61. The molecule has 1 aromatic rings. The van der Waals surface area contributed by atoms with Gasteiger partial charge in [-0.2, -0.15) is 0 Å². The average molecular weight is 351 g/mol. The number of hydrogen-bond donors (Lipinski definition) is 2. The number of nitrogens with one attached hydrogen (secondary N) is 2. The molecule has 0 spiro atoms. The number of benzene rings is 1. The molecular formula is C16H21N3O4S. The lowest BCUT2D eigenvalue weighted by atomic mass is 9.99. The first-order valence-electron chi connectivity index (χ1n) is 8.11. The van der Waals surface area contributed by atoms with Crippen LogP contribution in [-0.4, -0.2) is 49.7 Å². The van der Waals surface area contributed by atoms with Crippen LogP contribution < -0.4 is 10.6 Å². The maximum atomic E-state index is 12.5. The van der Waals surface area contributed by atoms with Crippen molar-refractivity contribution in [1.29, 1.82) is 0 Å². The van der Waals surface area contributed by atoms with Gasteiger partial charge in [0, 0.05) is 24.2 Å². The highest BCUT2D eigenvalue weighted by atomic mass is 32.2. The van der Waals surface area contributed by atoms with Gasteiger partial charge in [-0.05, 0) is 51.4 Å². The minimum atomic E-state index is -3.85. The van der Waals surface area contributed by atoms with Gasteiger partial charge in [0.25, 0.3) is 21.8 Å². The third-order valence-corrected chi connectivity index (χ3v) is 6.53. The number of sulfonamides is 1. The van der Waals surface area contributed by atoms with E-state index in [9.17, 15) is 18.0 Å². The summed E-state index contributed by atoms with van der Waals surface area (Å²) in [5, 5.41) is 6.25. The third kappa shape index (κ3) is 2.69. The number of carbonyl (C=O) groups is 2. The number of piperidine rings is 1. The Kier molecular flexibility index (Phi) is 4.35. The van der Waals surface area contributed by atoms with Crippen molar-refractivity contribution >= 4 is 21.8 Å². The topological polar surface area (TPSA) is 95.6 Å². The smallest absolute Gasteiger partial charge is 0.268 e. The van der Waals surface area contributed by atoms with Crippen molar-refractivity contribution in [2.45, 2.75) is 43.7 Å². The standard InChI is InChI=1S/C16H21N3O4S/c1-3-19-16(21)12-7-6-11(9-14(12)24(19,22)23)15(20)18-13-5-4-8-17-10(13)2/h6-7,9-10,13,17H,3-5,8H2,1-2H3,(H,18,20). The van der Waals surface area contributed by atoms with Crippen molar-refractivity contribution in [3.05, 3.63) is 29.3 Å². The van der Waals surface area contributed by atoms with E-state index in [1.807, 2.05) is 6.92 Å². The number of hydrogen-bond acceptors (Lipinski definition) is 5. The molecule has 2 aliphatic heterocycles. The van der Waals surface area contributed by atoms with E-state index in [1.165, 1.54) is 18.2 Å². The fourth-order valence-corrected chi connectivity index (χ4v) is 4.83. The highest BCUT2D eigenvalue weighted by Gasteiger charge is 2.40. The highest BCUT2D eigenvalue weighted by Crippen LogP contribution is 2.30. The molecule has 0 saturated carbocycles. The largest absolute Gasteiger partial charge is 0.348 e. The summed E-state index contributed by atoms with van der Waals surface area (Å²) in [4.78, 5) is 24.5. The van der Waals surface area contributed by atoms with E-state index in [2.05, 4.69) is 10.6 Å². The number of fused-ring (bicyclic) bond motifs is 1. The van der Waals surface area contributed by atoms with Crippen molar-refractivity contribution in [2.24, 2.45) is 0 Å². The average Bonchev–Trinajstić information content (AvgIpc) is 2.75. The van der Waals surface area contributed by atoms with Crippen molar-refractivity contribution in [2.75, 3.05) is 13.1 Å². The molecule has 2 aliphatic rings. The zero-order chi connectivity index (χ0) is 17.5. The molecule has 8 heteroatoms. The normalized spacial score (nSPS) is 25.4. The quantitative estimate of drug-likeness (QED) is 0.837. The fraction of sp³-hybridized carbons (Fsp3) is 0.500. The zero-order valence-electron chi connectivity index (χ0n) is 13.7. The first-order chi connectivity index (χ1) is 11.4. The van der Waals surface area contributed by atoms with Gasteiger partial charge in [-0.15, -0.1) is 0 Å². The van der Waals surface area contributed by atoms with Crippen LogP contribution in [0.3, 0.4) is 0 Å². The summed E-state index contributed by atoms with van der Waals surface area (Å²) in [7, 11) is -3.85. The molecule has 24 heavy (non-hydrogen) atoms. The van der Waals surface area contributed by atoms with Gasteiger partial charge < -0.3 is 10.6 Å². The first kappa shape index (κ1) is 16.9. The summed E-state index contributed by atoms with van der Waals surface area (Å²) in [6.07, 6.45) is 1.86. The Balaban J connectivity index is 1.87. The third-order valence-electron chi connectivity index (χ3n) is 4.63. The van der Waals surface area contributed by atoms with Crippen LogP contribution in [0.2, 0.25) is 0 Å². The van der Waals surface area contributed by atoms with E-state index in [0.29, 0.717) is 0 Å². The lowest BCUT2D eigenvalue weighted by Crippen LogP contribution is -2.51. The molecule has 0 radical (unpaired) electrons. The van der Waals surface area contributed by atoms with Gasteiger partial charge in [-0.3, -0.25) is 9.59 Å². The molecule has 2 N–H and O–H groups in total. The van der Waals surface area contributed by atoms with Crippen LogP contribution in [0.5, 0.6) is 0 Å². The van der Waals surface area contributed by atoms with Crippen molar-refractivity contribution < 1.29 is 18.0 Å². The first-order valence-corrected chi connectivity index (χ1v) is 9.55. The van der Waals surface area contributed by atoms with E-state index < -0.39 is 15.9 Å². The van der Waals surface area contributed by atoms with Gasteiger partial charge in [0.15, 0.2) is 0 Å². The second kappa shape index (κ2) is 6.18. The van der Waals surface area contributed by atoms with Gasteiger partial charge in [0.05, 0.1) is 5.56 Å². The highest BCUT2D eigenvalue weighted by molar-refractivity contribution is 7.90. The molecular weight excluding hydrogens is 330 g/mol. The van der Waals surface area contributed by atoms with Gasteiger partial charge in [0.2, 0.25) is 0 Å². The lowest BCUT2D eigenvalue weighted by molar-refractivity contribution is 0.0873. The van der Waals surface area contributed by atoms with Crippen LogP contribution in [0.25, 0.3) is 0 Å². The van der Waals surface area contributed by atoms with Crippen molar-refractivity contribution in [3.63, 3.8) is 0 Å². The molecule has 2 unspecified atom stereocenters. The van der Waals surface area contributed by atoms with E-state index in [-0.39, 0.29) is 40.6 Å². The Labute approximate surface area is 141 Å². The zero-order valence-corrected chi connectivity index (χ0v) is 14.5. The van der Waals surface area contributed by atoms with Crippen LogP contribution in [0.15, 0.2) is 23.1 Å². The maximum Gasteiger partial charge on any atom is 0.268 e. The number of carbonyl (C=O) groups excluding carboxylic acids is 2. The SMILES string of the molecule is CCN1C(=O)c2ccc(C(=O)NC3CCCNC3C)cc2S1(=O)=O. The number of nitrogens with zero attached hydrogens (tertiary/aromatic N) is 1. The van der Waals surface area contributed by atoms with Gasteiger partial charge in [0.1, 0.15) is 4.90 Å². The minimum Gasteiger partial charge on any atom is -0.348 e. The molecule has 130 valence electrons. The fourth-order valence-electron chi connectivity index (χ4n) is 3.22. The predicted molar refractivity (Wildman–Crippen MR) is 88.3 cm³/mol. The van der Waals surface area contributed by atoms with Crippen molar-refractivity contribution in [1.82, 2.24) is 14.9 Å². The molecule has 2 atom stereocenters. The Hall–Kier alpha value is -1.93. The maximum absolute atomic E-state index is 12.5. The Morgan fingerprint density at radius 1 is 1.42 bits per heavy atom. The summed E-state index contributed by atoms with van der Waals surface area (Å²) in [5.41, 5.74) is 0.377. The summed E-state index contributed by atoms with van der Waals surface area (Å²) >= 11 is 0. The minimum absolute atomic E-state index is 0.00452.